The number of guanidine groups is 1. The minimum absolute atomic E-state index is 0. The van der Waals surface area contributed by atoms with Crippen molar-refractivity contribution in [3.05, 3.63) is 35.4 Å². The molecule has 0 radical (unpaired) electrons. The second kappa shape index (κ2) is 18.6. The SMILES string of the molecule is CCOC(=O)C(CCCNC(=N)N)NC(=O)[C@@H](NC(=O)[C@H](Cc1ccc(C(=N)N)cc1)C(=O)N(C)C)C1CCCCC1.Cl. The molecule has 0 aromatic heterocycles. The third-order valence-electron chi connectivity index (χ3n) is 7.33. The summed E-state index contributed by atoms with van der Waals surface area (Å²) in [6, 6.07) is 4.86. The van der Waals surface area contributed by atoms with Crippen LogP contribution in [0.3, 0.4) is 0 Å². The summed E-state index contributed by atoms with van der Waals surface area (Å²) in [5.74, 6) is -3.61. The van der Waals surface area contributed by atoms with Gasteiger partial charge in [0.05, 0.1) is 6.61 Å². The van der Waals surface area contributed by atoms with Gasteiger partial charge in [-0.25, -0.2) is 4.79 Å². The van der Waals surface area contributed by atoms with Gasteiger partial charge < -0.3 is 37.1 Å². The monoisotopic (exact) mass is 622 g/mol. The average Bonchev–Trinajstić information content (AvgIpc) is 2.96. The Bertz CT molecular complexity index is 1110. The number of nitrogens with one attached hydrogen (secondary N) is 5. The molecular weight excluding hydrogens is 576 g/mol. The number of amides is 3. The summed E-state index contributed by atoms with van der Waals surface area (Å²) in [5, 5.41) is 23.2. The smallest absolute Gasteiger partial charge is 0.328 e. The molecule has 3 atom stereocenters. The Morgan fingerprint density at radius 3 is 2.16 bits per heavy atom. The summed E-state index contributed by atoms with van der Waals surface area (Å²) in [6.45, 7) is 2.15. The Morgan fingerprint density at radius 2 is 1.63 bits per heavy atom. The van der Waals surface area contributed by atoms with Crippen LogP contribution in [-0.2, 0) is 30.3 Å². The fourth-order valence-corrected chi connectivity index (χ4v) is 5.06. The summed E-state index contributed by atoms with van der Waals surface area (Å²) >= 11 is 0. The Balaban J connectivity index is 0.00000924. The van der Waals surface area contributed by atoms with Crippen molar-refractivity contribution in [3.8, 4) is 0 Å². The predicted molar refractivity (Wildman–Crippen MR) is 167 cm³/mol. The Morgan fingerprint density at radius 1 is 1.00 bits per heavy atom. The summed E-state index contributed by atoms with van der Waals surface area (Å²) in [5.41, 5.74) is 12.1. The second-order valence-electron chi connectivity index (χ2n) is 10.8. The number of hydrogen-bond acceptors (Lipinski definition) is 7. The minimum atomic E-state index is -1.10. The first-order valence-electron chi connectivity index (χ1n) is 14.4. The molecule has 0 aliphatic heterocycles. The number of ether oxygens (including phenoxy) is 1. The molecule has 13 nitrogen and oxygen atoms in total. The lowest BCUT2D eigenvalue weighted by molar-refractivity contribution is -0.148. The van der Waals surface area contributed by atoms with Gasteiger partial charge in [-0.05, 0) is 50.5 Å². The molecule has 1 aliphatic carbocycles. The molecule has 1 aromatic carbocycles. The van der Waals surface area contributed by atoms with Gasteiger partial charge in [0.2, 0.25) is 17.7 Å². The molecule has 0 bridgehead atoms. The van der Waals surface area contributed by atoms with Gasteiger partial charge in [-0.2, -0.15) is 0 Å². The quantitative estimate of drug-likeness (QED) is 0.0491. The van der Waals surface area contributed by atoms with Gasteiger partial charge in [0.25, 0.3) is 0 Å². The summed E-state index contributed by atoms with van der Waals surface area (Å²) in [6.07, 6.45) is 5.07. The molecule has 1 aromatic rings. The van der Waals surface area contributed by atoms with Gasteiger partial charge >= 0.3 is 5.97 Å². The number of carbonyl (C=O) groups is 4. The number of nitrogens with zero attached hydrogens (tertiary/aromatic N) is 1. The zero-order valence-corrected chi connectivity index (χ0v) is 26.1. The largest absolute Gasteiger partial charge is 0.464 e. The number of halogens is 1. The van der Waals surface area contributed by atoms with E-state index in [9.17, 15) is 19.2 Å². The molecule has 9 N–H and O–H groups in total. The molecular formula is C29H47ClN8O5. The third kappa shape index (κ3) is 12.1. The van der Waals surface area contributed by atoms with E-state index in [1.807, 2.05) is 0 Å². The predicted octanol–water partition coefficient (Wildman–Crippen LogP) is 1.02. The lowest BCUT2D eigenvalue weighted by Crippen LogP contribution is -2.57. The van der Waals surface area contributed by atoms with Crippen molar-refractivity contribution >= 4 is 47.9 Å². The zero-order valence-electron chi connectivity index (χ0n) is 25.2. The van der Waals surface area contributed by atoms with Gasteiger partial charge in [-0.15, -0.1) is 12.4 Å². The van der Waals surface area contributed by atoms with E-state index in [1.54, 1.807) is 45.3 Å². The number of benzene rings is 1. The molecule has 1 aliphatic rings. The number of hydrogen-bond donors (Lipinski definition) is 7. The molecule has 14 heteroatoms. The zero-order chi connectivity index (χ0) is 31.2. The number of nitrogen functional groups attached to an aromatic ring is 1. The number of rotatable bonds is 15. The van der Waals surface area contributed by atoms with Gasteiger partial charge in [0.1, 0.15) is 23.8 Å². The normalized spacial score (nSPS) is 15.0. The van der Waals surface area contributed by atoms with Crippen molar-refractivity contribution in [2.24, 2.45) is 23.3 Å². The fraction of sp³-hybridized carbons (Fsp3) is 0.586. The van der Waals surface area contributed by atoms with Crippen LogP contribution in [0.2, 0.25) is 0 Å². The standard InChI is InChI=1S/C29H46N8O5.ClH/c1-4-42-28(41)22(11-8-16-34-29(32)33)35-26(39)23(19-9-6-5-7-10-19)36-25(38)21(27(40)37(2)3)17-18-12-14-20(15-13-18)24(30)31;/h12-15,19,21-23H,4-11,16-17H2,1-3H3,(H3,30,31)(H,35,39)(H,36,38)(H4,32,33,34);1H/t21-,22?,23-;/m0./s1. The van der Waals surface area contributed by atoms with Crippen LogP contribution in [0.4, 0.5) is 0 Å². The Labute approximate surface area is 259 Å². The molecule has 240 valence electrons. The van der Waals surface area contributed by atoms with Crippen molar-refractivity contribution in [2.45, 2.75) is 70.4 Å². The number of amidine groups is 1. The molecule has 1 saturated carbocycles. The van der Waals surface area contributed by atoms with Crippen molar-refractivity contribution in [1.82, 2.24) is 20.9 Å². The molecule has 1 fully saturated rings. The summed E-state index contributed by atoms with van der Waals surface area (Å²) in [4.78, 5) is 54.6. The third-order valence-corrected chi connectivity index (χ3v) is 7.33. The molecule has 2 rings (SSSR count). The van der Waals surface area contributed by atoms with Crippen LogP contribution in [0, 0.1) is 22.7 Å². The van der Waals surface area contributed by atoms with E-state index < -0.39 is 41.7 Å². The highest BCUT2D eigenvalue weighted by Crippen LogP contribution is 2.27. The van der Waals surface area contributed by atoms with Crippen molar-refractivity contribution < 1.29 is 23.9 Å². The highest BCUT2D eigenvalue weighted by molar-refractivity contribution is 6.02. The van der Waals surface area contributed by atoms with Crippen LogP contribution in [0.1, 0.15) is 63.0 Å². The lowest BCUT2D eigenvalue weighted by atomic mass is 9.83. The topological polar surface area (TPSA) is 217 Å². The van der Waals surface area contributed by atoms with Gasteiger partial charge in [0.15, 0.2) is 5.96 Å². The maximum absolute atomic E-state index is 13.7. The second-order valence-corrected chi connectivity index (χ2v) is 10.8. The Hall–Kier alpha value is -3.87. The van der Waals surface area contributed by atoms with Crippen LogP contribution in [0.5, 0.6) is 0 Å². The molecule has 0 saturated heterocycles. The van der Waals surface area contributed by atoms with Crippen LogP contribution < -0.4 is 27.4 Å². The minimum Gasteiger partial charge on any atom is -0.464 e. The lowest BCUT2D eigenvalue weighted by Gasteiger charge is -2.32. The molecule has 0 spiro atoms. The molecule has 1 unspecified atom stereocenters. The van der Waals surface area contributed by atoms with Crippen LogP contribution in [-0.4, -0.2) is 79.7 Å². The number of nitrogens with two attached hydrogens (primary N) is 2. The number of carbonyl (C=O) groups excluding carboxylic acids is 4. The Kier molecular flexibility index (Phi) is 16.1. The summed E-state index contributed by atoms with van der Waals surface area (Å²) in [7, 11) is 3.13. The molecule has 43 heavy (non-hydrogen) atoms. The molecule has 3 amide bonds. The van der Waals surface area contributed by atoms with E-state index in [0.29, 0.717) is 24.1 Å². The highest BCUT2D eigenvalue weighted by atomic mass is 35.5. The van der Waals surface area contributed by atoms with Crippen LogP contribution >= 0.6 is 12.4 Å². The first kappa shape index (κ1) is 37.2. The van der Waals surface area contributed by atoms with E-state index in [-0.39, 0.29) is 49.6 Å². The maximum atomic E-state index is 13.7. The van der Waals surface area contributed by atoms with Crippen LogP contribution in [0.25, 0.3) is 0 Å². The maximum Gasteiger partial charge on any atom is 0.328 e. The number of esters is 1. The van der Waals surface area contributed by atoms with E-state index in [1.165, 1.54) is 4.90 Å². The van der Waals surface area contributed by atoms with Crippen molar-refractivity contribution in [3.63, 3.8) is 0 Å². The van der Waals surface area contributed by atoms with Gasteiger partial charge in [-0.3, -0.25) is 25.2 Å². The van der Waals surface area contributed by atoms with E-state index in [0.717, 1.165) is 32.1 Å². The summed E-state index contributed by atoms with van der Waals surface area (Å²) < 4.78 is 5.18. The van der Waals surface area contributed by atoms with E-state index in [4.69, 9.17) is 27.0 Å². The van der Waals surface area contributed by atoms with Gasteiger partial charge in [-0.1, -0.05) is 43.5 Å². The van der Waals surface area contributed by atoms with Crippen molar-refractivity contribution in [2.75, 3.05) is 27.2 Å². The van der Waals surface area contributed by atoms with Crippen molar-refractivity contribution in [1.29, 1.82) is 10.8 Å². The van der Waals surface area contributed by atoms with Gasteiger partial charge in [0, 0.05) is 26.2 Å². The van der Waals surface area contributed by atoms with E-state index >= 15 is 0 Å². The fourth-order valence-electron chi connectivity index (χ4n) is 5.06. The molecule has 0 heterocycles. The average molecular weight is 623 g/mol. The van der Waals surface area contributed by atoms with E-state index in [2.05, 4.69) is 16.0 Å². The van der Waals surface area contributed by atoms with Crippen LogP contribution in [0.15, 0.2) is 24.3 Å². The first-order valence-corrected chi connectivity index (χ1v) is 14.4. The first-order chi connectivity index (χ1) is 19.9. The highest BCUT2D eigenvalue weighted by Gasteiger charge is 2.37.